The number of hydrogen-bond acceptors (Lipinski definition) is 7. The van der Waals surface area contributed by atoms with Gasteiger partial charge >= 0.3 is 0 Å². The summed E-state index contributed by atoms with van der Waals surface area (Å²) in [7, 11) is 1.70. The number of ether oxygens (including phenoxy) is 4. The zero-order valence-electron chi connectivity index (χ0n) is 16.6. The molecule has 0 aromatic carbocycles. The van der Waals surface area contributed by atoms with E-state index in [1.807, 2.05) is 36.0 Å². The molecule has 5 rings (SSSR count). The van der Waals surface area contributed by atoms with Crippen molar-refractivity contribution in [3.8, 4) is 11.6 Å². The van der Waals surface area contributed by atoms with Gasteiger partial charge < -0.3 is 18.9 Å². The summed E-state index contributed by atoms with van der Waals surface area (Å²) in [6.07, 6.45) is 4.37. The topological polar surface area (TPSA) is 80.5 Å². The summed E-state index contributed by atoms with van der Waals surface area (Å²) in [4.78, 5) is 9.27. The standard InChI is InChI=1S/C21H24N4O4/c1-14-5-18-16(8-22-14)9-23-25(18)20-7-17(29-12-15-10-28-11-15)6-19(24-20)21(26-2)3-4-27-13-21/h5-9,15H,3-4,10-13H2,1-2H3. The van der Waals surface area contributed by atoms with E-state index < -0.39 is 5.60 Å². The highest BCUT2D eigenvalue weighted by atomic mass is 16.5. The summed E-state index contributed by atoms with van der Waals surface area (Å²) < 4.78 is 24.7. The number of rotatable bonds is 6. The van der Waals surface area contributed by atoms with Gasteiger partial charge in [0.25, 0.3) is 0 Å². The van der Waals surface area contributed by atoms with Crippen molar-refractivity contribution in [3.63, 3.8) is 0 Å². The Morgan fingerprint density at radius 1 is 1.21 bits per heavy atom. The lowest BCUT2D eigenvalue weighted by molar-refractivity contribution is -0.0510. The van der Waals surface area contributed by atoms with Gasteiger partial charge in [-0.2, -0.15) is 5.10 Å². The highest BCUT2D eigenvalue weighted by Gasteiger charge is 2.39. The minimum absolute atomic E-state index is 0.431. The van der Waals surface area contributed by atoms with E-state index in [0.29, 0.717) is 31.6 Å². The molecule has 2 aliphatic heterocycles. The van der Waals surface area contributed by atoms with Crippen LogP contribution in [0.15, 0.2) is 30.6 Å². The summed E-state index contributed by atoms with van der Waals surface area (Å²) in [5, 5.41) is 5.51. The molecular formula is C21H24N4O4. The van der Waals surface area contributed by atoms with Crippen molar-refractivity contribution in [1.82, 2.24) is 19.7 Å². The second kappa shape index (κ2) is 7.37. The van der Waals surface area contributed by atoms with E-state index in [9.17, 15) is 0 Å². The van der Waals surface area contributed by atoms with Crippen LogP contribution in [0.5, 0.6) is 5.75 Å². The molecule has 3 aromatic rings. The van der Waals surface area contributed by atoms with Crippen molar-refractivity contribution in [2.75, 3.05) is 40.1 Å². The van der Waals surface area contributed by atoms with Gasteiger partial charge in [-0.3, -0.25) is 4.98 Å². The first kappa shape index (κ1) is 18.5. The lowest BCUT2D eigenvalue weighted by Crippen LogP contribution is -2.33. The third-order valence-corrected chi connectivity index (χ3v) is 5.63. The fourth-order valence-corrected chi connectivity index (χ4v) is 3.73. The van der Waals surface area contributed by atoms with Gasteiger partial charge in [-0.1, -0.05) is 0 Å². The number of pyridine rings is 2. The third-order valence-electron chi connectivity index (χ3n) is 5.63. The van der Waals surface area contributed by atoms with Gasteiger partial charge in [0.15, 0.2) is 5.82 Å². The van der Waals surface area contributed by atoms with Gasteiger partial charge in [-0.05, 0) is 13.0 Å². The van der Waals surface area contributed by atoms with Gasteiger partial charge in [-0.25, -0.2) is 9.67 Å². The highest BCUT2D eigenvalue weighted by molar-refractivity contribution is 5.79. The van der Waals surface area contributed by atoms with Crippen LogP contribution < -0.4 is 4.74 Å². The molecule has 2 aliphatic rings. The van der Waals surface area contributed by atoms with Crippen molar-refractivity contribution < 1.29 is 18.9 Å². The van der Waals surface area contributed by atoms with Crippen LogP contribution in [0.3, 0.4) is 0 Å². The fourth-order valence-electron chi connectivity index (χ4n) is 3.73. The smallest absolute Gasteiger partial charge is 0.158 e. The molecule has 152 valence electrons. The van der Waals surface area contributed by atoms with E-state index in [4.69, 9.17) is 23.9 Å². The minimum atomic E-state index is -0.575. The maximum absolute atomic E-state index is 6.10. The Morgan fingerprint density at radius 3 is 2.83 bits per heavy atom. The zero-order valence-corrected chi connectivity index (χ0v) is 16.6. The predicted molar refractivity (Wildman–Crippen MR) is 105 cm³/mol. The summed E-state index contributed by atoms with van der Waals surface area (Å²) in [5.74, 6) is 1.86. The molecule has 29 heavy (non-hydrogen) atoms. The zero-order chi connectivity index (χ0) is 19.8. The lowest BCUT2D eigenvalue weighted by atomic mass is 9.97. The van der Waals surface area contributed by atoms with Crippen molar-refractivity contribution >= 4 is 10.9 Å². The first-order valence-electron chi connectivity index (χ1n) is 9.84. The normalized spacial score (nSPS) is 22.1. The fraction of sp³-hybridized carbons (Fsp3) is 0.476. The summed E-state index contributed by atoms with van der Waals surface area (Å²) in [6, 6.07) is 5.89. The molecule has 0 amide bonds. The van der Waals surface area contributed by atoms with E-state index >= 15 is 0 Å². The molecule has 8 heteroatoms. The Balaban J connectivity index is 1.59. The molecule has 0 aliphatic carbocycles. The van der Waals surface area contributed by atoms with Crippen LogP contribution >= 0.6 is 0 Å². The lowest BCUT2D eigenvalue weighted by Gasteiger charge is -2.28. The van der Waals surface area contributed by atoms with Gasteiger partial charge in [-0.15, -0.1) is 0 Å². The average molecular weight is 396 g/mol. The van der Waals surface area contributed by atoms with Gasteiger partial charge in [0.05, 0.1) is 43.8 Å². The molecule has 0 bridgehead atoms. The largest absolute Gasteiger partial charge is 0.493 e. The summed E-state index contributed by atoms with van der Waals surface area (Å²) >= 11 is 0. The maximum atomic E-state index is 6.10. The Kier molecular flexibility index (Phi) is 4.69. The number of nitrogens with zero attached hydrogens (tertiary/aromatic N) is 4. The first-order chi connectivity index (χ1) is 14.2. The number of aromatic nitrogens is 4. The number of fused-ring (bicyclic) bond motifs is 1. The van der Waals surface area contributed by atoms with E-state index in [1.165, 1.54) is 0 Å². The molecule has 8 nitrogen and oxygen atoms in total. The van der Waals surface area contributed by atoms with Gasteiger partial charge in [0.1, 0.15) is 11.4 Å². The molecule has 0 spiro atoms. The minimum Gasteiger partial charge on any atom is -0.493 e. The van der Waals surface area contributed by atoms with Crippen molar-refractivity contribution in [2.45, 2.75) is 18.9 Å². The summed E-state index contributed by atoms with van der Waals surface area (Å²) in [5.41, 5.74) is 2.10. The van der Waals surface area contributed by atoms with Crippen LogP contribution in [0.25, 0.3) is 16.7 Å². The van der Waals surface area contributed by atoms with E-state index in [1.54, 1.807) is 13.3 Å². The Bertz CT molecular complexity index is 1020. The first-order valence-corrected chi connectivity index (χ1v) is 9.84. The second-order valence-corrected chi connectivity index (χ2v) is 7.70. The third kappa shape index (κ3) is 3.37. The molecule has 1 atom stereocenters. The SMILES string of the molecule is COC1(c2cc(OCC3COC3)cc(-n3ncc4cnc(C)cc43)n2)CCOC1. The van der Waals surface area contributed by atoms with E-state index in [2.05, 4.69) is 10.1 Å². The van der Waals surface area contributed by atoms with E-state index in [0.717, 1.165) is 47.7 Å². The highest BCUT2D eigenvalue weighted by Crippen LogP contribution is 2.35. The maximum Gasteiger partial charge on any atom is 0.158 e. The average Bonchev–Trinajstić information content (AvgIpc) is 3.34. The number of aryl methyl sites for hydroxylation is 1. The number of methoxy groups -OCH3 is 1. The van der Waals surface area contributed by atoms with Crippen molar-refractivity contribution in [2.24, 2.45) is 5.92 Å². The Hall–Kier alpha value is -2.55. The molecule has 0 saturated carbocycles. The Morgan fingerprint density at radius 2 is 2.10 bits per heavy atom. The van der Waals surface area contributed by atoms with Crippen LogP contribution in [0.1, 0.15) is 17.8 Å². The van der Waals surface area contributed by atoms with Crippen LogP contribution in [-0.4, -0.2) is 59.9 Å². The molecule has 3 aromatic heterocycles. The van der Waals surface area contributed by atoms with Crippen molar-refractivity contribution in [1.29, 1.82) is 0 Å². The van der Waals surface area contributed by atoms with Crippen LogP contribution in [0.2, 0.25) is 0 Å². The molecule has 1 unspecified atom stereocenters. The van der Waals surface area contributed by atoms with Gasteiger partial charge in [0, 0.05) is 55.5 Å². The molecular weight excluding hydrogens is 372 g/mol. The molecule has 2 saturated heterocycles. The second-order valence-electron chi connectivity index (χ2n) is 7.70. The predicted octanol–water partition coefficient (Wildman–Crippen LogP) is 2.41. The van der Waals surface area contributed by atoms with Crippen molar-refractivity contribution in [3.05, 3.63) is 42.0 Å². The van der Waals surface area contributed by atoms with Crippen LogP contribution in [0, 0.1) is 12.8 Å². The molecule has 0 N–H and O–H groups in total. The van der Waals surface area contributed by atoms with Gasteiger partial charge in [0.2, 0.25) is 0 Å². The van der Waals surface area contributed by atoms with Crippen LogP contribution in [-0.2, 0) is 19.8 Å². The van der Waals surface area contributed by atoms with Crippen LogP contribution in [0.4, 0.5) is 0 Å². The van der Waals surface area contributed by atoms with E-state index in [-0.39, 0.29) is 0 Å². The quantitative estimate of drug-likeness (QED) is 0.633. The monoisotopic (exact) mass is 396 g/mol. The number of hydrogen-bond donors (Lipinski definition) is 0. The Labute approximate surface area is 168 Å². The molecule has 5 heterocycles. The molecule has 0 radical (unpaired) electrons. The molecule has 2 fully saturated rings. The summed E-state index contributed by atoms with van der Waals surface area (Å²) in [6.45, 7) is 5.19.